The third kappa shape index (κ3) is 1.80. The Morgan fingerprint density at radius 3 is 2.55 bits per heavy atom. The van der Waals surface area contributed by atoms with Crippen LogP contribution < -0.4 is 0 Å². The first-order chi connectivity index (χ1) is 10.4. The molecular formula is C20H32O2. The Balaban J connectivity index is 1.70. The normalized spacial score (nSPS) is 57.6. The molecule has 0 bridgehead atoms. The van der Waals surface area contributed by atoms with Crippen molar-refractivity contribution in [3.63, 3.8) is 0 Å². The fourth-order valence-corrected chi connectivity index (χ4v) is 7.03. The van der Waals surface area contributed by atoms with Crippen molar-refractivity contribution in [3.05, 3.63) is 11.6 Å². The van der Waals surface area contributed by atoms with Crippen LogP contribution in [-0.2, 0) is 0 Å². The molecule has 4 rings (SSSR count). The van der Waals surface area contributed by atoms with Crippen LogP contribution in [0.5, 0.6) is 0 Å². The van der Waals surface area contributed by atoms with Crippen LogP contribution >= 0.6 is 0 Å². The molecule has 0 aromatic heterocycles. The molecule has 0 spiro atoms. The summed E-state index contributed by atoms with van der Waals surface area (Å²) >= 11 is 0. The van der Waals surface area contributed by atoms with Crippen molar-refractivity contribution in [2.75, 3.05) is 0 Å². The molecule has 0 saturated heterocycles. The SMILES string of the molecule is C[C@H]1C2=CC[C@H]3[C@@H]4CC[C@@H](O)[C@@]4(C)CC[C@@H]3[C@@]2(C)CCC1O. The summed E-state index contributed by atoms with van der Waals surface area (Å²) in [5.74, 6) is 2.57. The van der Waals surface area contributed by atoms with Gasteiger partial charge in [-0.15, -0.1) is 0 Å². The minimum absolute atomic E-state index is 0.0799. The van der Waals surface area contributed by atoms with E-state index in [1.54, 1.807) is 5.57 Å². The lowest BCUT2D eigenvalue weighted by molar-refractivity contribution is -0.0764. The molecule has 1 unspecified atom stereocenters. The Morgan fingerprint density at radius 2 is 1.77 bits per heavy atom. The Morgan fingerprint density at radius 1 is 1.00 bits per heavy atom. The van der Waals surface area contributed by atoms with E-state index >= 15 is 0 Å². The molecule has 0 radical (unpaired) electrons. The van der Waals surface area contributed by atoms with Crippen molar-refractivity contribution in [2.24, 2.45) is 34.5 Å². The van der Waals surface area contributed by atoms with Crippen LogP contribution in [0, 0.1) is 34.5 Å². The molecule has 4 aliphatic carbocycles. The van der Waals surface area contributed by atoms with Crippen LogP contribution in [0.1, 0.15) is 65.7 Å². The van der Waals surface area contributed by atoms with E-state index in [-0.39, 0.29) is 17.6 Å². The molecule has 8 atom stereocenters. The topological polar surface area (TPSA) is 40.5 Å². The van der Waals surface area contributed by atoms with Gasteiger partial charge in [-0.3, -0.25) is 0 Å². The van der Waals surface area contributed by atoms with E-state index in [0.29, 0.717) is 17.3 Å². The summed E-state index contributed by atoms with van der Waals surface area (Å²) in [7, 11) is 0. The van der Waals surface area contributed by atoms with Crippen LogP contribution in [0.15, 0.2) is 11.6 Å². The number of hydrogen-bond acceptors (Lipinski definition) is 2. The summed E-state index contributed by atoms with van der Waals surface area (Å²) in [6.45, 7) is 7.05. The van der Waals surface area contributed by atoms with Crippen LogP contribution in [0.4, 0.5) is 0 Å². The number of fused-ring (bicyclic) bond motifs is 5. The summed E-state index contributed by atoms with van der Waals surface area (Å²) in [6, 6.07) is 0. The third-order valence-electron chi connectivity index (χ3n) is 8.50. The molecule has 0 aromatic rings. The lowest BCUT2D eigenvalue weighted by Gasteiger charge is -2.58. The zero-order valence-electron chi connectivity index (χ0n) is 14.4. The van der Waals surface area contributed by atoms with Crippen molar-refractivity contribution in [3.8, 4) is 0 Å². The number of allylic oxidation sites excluding steroid dienone is 1. The Kier molecular flexibility index (Phi) is 3.34. The van der Waals surface area contributed by atoms with Gasteiger partial charge in [-0.05, 0) is 73.5 Å². The summed E-state index contributed by atoms with van der Waals surface area (Å²) in [4.78, 5) is 0. The molecular weight excluding hydrogens is 272 g/mol. The van der Waals surface area contributed by atoms with Gasteiger partial charge in [-0.2, -0.15) is 0 Å². The second-order valence-electron chi connectivity index (χ2n) is 9.22. The van der Waals surface area contributed by atoms with E-state index in [4.69, 9.17) is 0 Å². The van der Waals surface area contributed by atoms with Gasteiger partial charge in [0.05, 0.1) is 12.2 Å². The van der Waals surface area contributed by atoms with Gasteiger partial charge in [0.15, 0.2) is 0 Å². The predicted octanol–water partition coefficient (Wildman–Crippen LogP) is 3.92. The minimum atomic E-state index is -0.141. The number of aliphatic hydroxyl groups excluding tert-OH is 2. The fourth-order valence-electron chi connectivity index (χ4n) is 7.03. The van der Waals surface area contributed by atoms with E-state index in [0.717, 1.165) is 31.1 Å². The lowest BCUT2D eigenvalue weighted by Crippen LogP contribution is -2.52. The standard InChI is InChI=1S/C20H32O2/c1-12-14-5-4-13-15-6-7-18(22)20(15,3)10-8-16(13)19(14,2)11-9-17(12)21/h5,12-13,15-18,21-22H,4,6-11H2,1-3H3/t12-,13-,15-,16-,17?,18+,19-,20-/m0/s1. The summed E-state index contributed by atoms with van der Waals surface area (Å²) in [5.41, 5.74) is 2.02. The zero-order valence-corrected chi connectivity index (χ0v) is 14.4. The van der Waals surface area contributed by atoms with Crippen molar-refractivity contribution < 1.29 is 10.2 Å². The first kappa shape index (κ1) is 15.2. The first-order valence-electron chi connectivity index (χ1n) is 9.44. The molecule has 2 nitrogen and oxygen atoms in total. The minimum Gasteiger partial charge on any atom is -0.393 e. The highest BCUT2D eigenvalue weighted by atomic mass is 16.3. The van der Waals surface area contributed by atoms with E-state index < -0.39 is 0 Å². The lowest BCUT2D eigenvalue weighted by atomic mass is 9.47. The molecule has 3 fully saturated rings. The molecule has 2 N–H and O–H groups in total. The van der Waals surface area contributed by atoms with E-state index in [1.807, 2.05) is 0 Å². The maximum absolute atomic E-state index is 10.5. The Bertz CT molecular complexity index is 498. The van der Waals surface area contributed by atoms with Gasteiger partial charge >= 0.3 is 0 Å². The third-order valence-corrected chi connectivity index (χ3v) is 8.50. The van der Waals surface area contributed by atoms with Gasteiger partial charge in [-0.25, -0.2) is 0 Å². The van der Waals surface area contributed by atoms with Crippen molar-refractivity contribution in [1.82, 2.24) is 0 Å². The van der Waals surface area contributed by atoms with Crippen LogP contribution in [0.3, 0.4) is 0 Å². The molecule has 0 aliphatic heterocycles. The quantitative estimate of drug-likeness (QED) is 0.666. The molecule has 4 aliphatic rings. The van der Waals surface area contributed by atoms with Gasteiger partial charge in [-0.1, -0.05) is 32.4 Å². The highest BCUT2D eigenvalue weighted by molar-refractivity contribution is 5.27. The number of hydrogen-bond donors (Lipinski definition) is 2. The largest absolute Gasteiger partial charge is 0.393 e. The molecule has 0 amide bonds. The van der Waals surface area contributed by atoms with Crippen LogP contribution in [-0.4, -0.2) is 22.4 Å². The van der Waals surface area contributed by atoms with E-state index in [2.05, 4.69) is 26.8 Å². The summed E-state index contributed by atoms with van der Waals surface area (Å²) < 4.78 is 0. The molecule has 3 saturated carbocycles. The second-order valence-corrected chi connectivity index (χ2v) is 9.22. The summed E-state index contributed by atoms with van der Waals surface area (Å²) in [5, 5.41) is 20.8. The predicted molar refractivity (Wildman–Crippen MR) is 88.3 cm³/mol. The Labute approximate surface area is 135 Å². The second kappa shape index (κ2) is 4.83. The first-order valence-corrected chi connectivity index (χ1v) is 9.44. The average Bonchev–Trinajstić information content (AvgIpc) is 2.79. The van der Waals surface area contributed by atoms with Gasteiger partial charge < -0.3 is 10.2 Å². The maximum atomic E-state index is 10.5. The zero-order chi connectivity index (χ0) is 15.7. The molecule has 0 heterocycles. The molecule has 124 valence electrons. The van der Waals surface area contributed by atoms with Gasteiger partial charge in [0.1, 0.15) is 0 Å². The molecule has 2 heteroatoms. The molecule has 0 aromatic carbocycles. The van der Waals surface area contributed by atoms with Crippen molar-refractivity contribution in [2.45, 2.75) is 77.9 Å². The van der Waals surface area contributed by atoms with Crippen LogP contribution in [0.2, 0.25) is 0 Å². The van der Waals surface area contributed by atoms with E-state index in [1.165, 1.54) is 25.7 Å². The molecule has 22 heavy (non-hydrogen) atoms. The van der Waals surface area contributed by atoms with Crippen molar-refractivity contribution >= 4 is 0 Å². The highest BCUT2D eigenvalue weighted by Gasteiger charge is 2.59. The maximum Gasteiger partial charge on any atom is 0.0603 e. The van der Waals surface area contributed by atoms with Gasteiger partial charge in [0.2, 0.25) is 0 Å². The monoisotopic (exact) mass is 304 g/mol. The van der Waals surface area contributed by atoms with E-state index in [9.17, 15) is 10.2 Å². The van der Waals surface area contributed by atoms with Gasteiger partial charge in [0, 0.05) is 5.92 Å². The number of rotatable bonds is 0. The van der Waals surface area contributed by atoms with Gasteiger partial charge in [0.25, 0.3) is 0 Å². The van der Waals surface area contributed by atoms with Crippen molar-refractivity contribution in [1.29, 1.82) is 0 Å². The fraction of sp³-hybridized carbons (Fsp3) is 0.900. The average molecular weight is 304 g/mol. The number of aliphatic hydroxyl groups is 2. The Hall–Kier alpha value is -0.340. The smallest absolute Gasteiger partial charge is 0.0603 e. The highest BCUT2D eigenvalue weighted by Crippen LogP contribution is 2.65. The summed E-state index contributed by atoms with van der Waals surface area (Å²) in [6.07, 6.45) is 10.3. The van der Waals surface area contributed by atoms with Crippen LogP contribution in [0.25, 0.3) is 0 Å².